The van der Waals surface area contributed by atoms with Crippen LogP contribution in [0.25, 0.3) is 10.8 Å². The first kappa shape index (κ1) is 22.6. The molecule has 0 saturated heterocycles. The van der Waals surface area contributed by atoms with Gasteiger partial charge in [0, 0.05) is 15.6 Å². The molecule has 4 N–H and O–H groups in total. The highest BCUT2D eigenvalue weighted by atomic mass is 79.9. The fraction of sp³-hybridized carbons (Fsp3) is 0. The lowest BCUT2D eigenvalue weighted by molar-refractivity contribution is -0.383. The fourth-order valence-corrected chi connectivity index (χ4v) is 3.40. The van der Waals surface area contributed by atoms with E-state index in [4.69, 9.17) is 0 Å². The van der Waals surface area contributed by atoms with Gasteiger partial charge in [-0.3, -0.25) is 41.4 Å². The van der Waals surface area contributed by atoms with E-state index in [0.717, 1.165) is 21.6 Å². The molecule has 0 fully saturated rings. The molecule has 0 saturated carbocycles. The highest BCUT2D eigenvalue weighted by Crippen LogP contribution is 2.28. The Morgan fingerprint density at radius 1 is 0.824 bits per heavy atom. The molecule has 0 spiro atoms. The first-order valence-corrected chi connectivity index (χ1v) is 10.6. The van der Waals surface area contributed by atoms with E-state index >= 15 is 0 Å². The third-order valence-electron chi connectivity index (χ3n) is 4.73. The molecule has 12 heteroatoms. The molecule has 4 aromatic rings. The molecular weight excluding hydrogens is 506 g/mol. The largest absolute Gasteiger partial charge is 0.356 e. The van der Waals surface area contributed by atoms with Crippen molar-refractivity contribution in [2.24, 2.45) is 0 Å². The van der Waals surface area contributed by atoms with E-state index in [1.54, 1.807) is 42.5 Å². The van der Waals surface area contributed by atoms with Gasteiger partial charge in [-0.15, -0.1) is 0 Å². The molecule has 3 aromatic carbocycles. The predicted molar refractivity (Wildman–Crippen MR) is 129 cm³/mol. The van der Waals surface area contributed by atoms with Crippen LogP contribution in [0, 0.1) is 10.1 Å². The number of nitrogens with zero attached hydrogens (tertiary/aromatic N) is 3. The van der Waals surface area contributed by atoms with Crippen LogP contribution >= 0.6 is 15.9 Å². The Kier molecular flexibility index (Phi) is 6.59. The normalized spacial score (nSPS) is 10.4. The van der Waals surface area contributed by atoms with E-state index in [0.29, 0.717) is 11.1 Å². The number of carbonyl (C=O) groups excluding carboxylic acids is 2. The van der Waals surface area contributed by atoms with Crippen molar-refractivity contribution in [2.75, 3.05) is 10.9 Å². The maximum absolute atomic E-state index is 12.7. The average molecular weight is 522 g/mol. The summed E-state index contributed by atoms with van der Waals surface area (Å²) < 4.78 is 0.796. The maximum Gasteiger partial charge on any atom is 0.356 e. The number of carbonyl (C=O) groups is 2. The number of anilines is 2. The minimum Gasteiger partial charge on any atom is -0.276 e. The molecule has 0 bridgehead atoms. The molecule has 4 rings (SSSR count). The summed E-state index contributed by atoms with van der Waals surface area (Å²) in [6, 6.07) is 19.1. The van der Waals surface area contributed by atoms with Crippen LogP contribution in [0.1, 0.15) is 20.7 Å². The average Bonchev–Trinajstić information content (AvgIpc) is 2.85. The lowest BCUT2D eigenvalue weighted by Crippen LogP contribution is -2.32. The molecular formula is C22H16BrN7O4. The van der Waals surface area contributed by atoms with E-state index < -0.39 is 22.4 Å². The summed E-state index contributed by atoms with van der Waals surface area (Å²) in [5, 5.41) is 13.3. The van der Waals surface area contributed by atoms with Crippen LogP contribution in [0.4, 0.5) is 17.3 Å². The highest BCUT2D eigenvalue weighted by molar-refractivity contribution is 9.10. The first-order chi connectivity index (χ1) is 16.4. The predicted octanol–water partition coefficient (Wildman–Crippen LogP) is 3.81. The third kappa shape index (κ3) is 4.91. The Morgan fingerprint density at radius 3 is 2.12 bits per heavy atom. The molecule has 0 radical (unpaired) electrons. The van der Waals surface area contributed by atoms with E-state index in [9.17, 15) is 19.7 Å². The van der Waals surface area contributed by atoms with Crippen molar-refractivity contribution < 1.29 is 14.5 Å². The SMILES string of the molecule is O=C(NNc1ncnc(NNC(=O)c2cccc3ccccc23)c1[N+](=O)[O-])c1ccc(Br)cc1. The van der Waals surface area contributed by atoms with Gasteiger partial charge in [0.15, 0.2) is 0 Å². The zero-order chi connectivity index (χ0) is 24.1. The van der Waals surface area contributed by atoms with Crippen LogP contribution in [-0.4, -0.2) is 26.7 Å². The molecule has 0 aliphatic carbocycles. The molecule has 1 heterocycles. The molecule has 1 aromatic heterocycles. The Balaban J connectivity index is 1.50. The molecule has 11 nitrogen and oxygen atoms in total. The van der Waals surface area contributed by atoms with E-state index in [1.807, 2.05) is 24.3 Å². The zero-order valence-corrected chi connectivity index (χ0v) is 18.9. The molecule has 170 valence electrons. The van der Waals surface area contributed by atoms with Crippen molar-refractivity contribution in [2.45, 2.75) is 0 Å². The second kappa shape index (κ2) is 9.92. The first-order valence-electron chi connectivity index (χ1n) is 9.79. The number of benzene rings is 3. The van der Waals surface area contributed by atoms with E-state index in [-0.39, 0.29) is 11.6 Å². The number of aromatic nitrogens is 2. The zero-order valence-electron chi connectivity index (χ0n) is 17.3. The van der Waals surface area contributed by atoms with E-state index in [1.165, 1.54) is 0 Å². The molecule has 0 aliphatic rings. The summed E-state index contributed by atoms with van der Waals surface area (Å²) >= 11 is 3.28. The number of fused-ring (bicyclic) bond motifs is 1. The smallest absolute Gasteiger partial charge is 0.276 e. The quantitative estimate of drug-likeness (QED) is 0.211. The summed E-state index contributed by atoms with van der Waals surface area (Å²) in [6.07, 6.45) is 1.05. The van der Waals surface area contributed by atoms with Crippen LogP contribution in [-0.2, 0) is 0 Å². The van der Waals surface area contributed by atoms with Crippen molar-refractivity contribution >= 4 is 55.8 Å². The van der Waals surface area contributed by atoms with Crippen LogP contribution in [0.5, 0.6) is 0 Å². The number of hydrogen-bond donors (Lipinski definition) is 4. The summed E-state index contributed by atoms with van der Waals surface area (Å²) in [4.78, 5) is 43.7. The number of halogens is 1. The maximum atomic E-state index is 12.7. The molecule has 0 unspecified atom stereocenters. The van der Waals surface area contributed by atoms with Gasteiger partial charge >= 0.3 is 5.69 Å². The van der Waals surface area contributed by atoms with Crippen molar-refractivity contribution in [1.29, 1.82) is 0 Å². The molecule has 0 atom stereocenters. The Bertz CT molecular complexity index is 1390. The second-order valence-corrected chi connectivity index (χ2v) is 7.78. The number of nitro groups is 1. The van der Waals surface area contributed by atoms with Crippen molar-refractivity contribution in [3.63, 3.8) is 0 Å². The van der Waals surface area contributed by atoms with Gasteiger partial charge in [-0.05, 0) is 41.1 Å². The van der Waals surface area contributed by atoms with Gasteiger partial charge in [0.1, 0.15) is 6.33 Å². The van der Waals surface area contributed by atoms with Crippen LogP contribution in [0.15, 0.2) is 77.5 Å². The minimum atomic E-state index is -0.736. The van der Waals surface area contributed by atoms with Crippen molar-refractivity contribution in [3.8, 4) is 0 Å². The van der Waals surface area contributed by atoms with Gasteiger partial charge in [0.2, 0.25) is 11.6 Å². The monoisotopic (exact) mass is 521 g/mol. The molecule has 0 aliphatic heterocycles. The van der Waals surface area contributed by atoms with Crippen molar-refractivity contribution in [3.05, 3.63) is 98.8 Å². The number of amides is 2. The second-order valence-electron chi connectivity index (χ2n) is 6.87. The minimum absolute atomic E-state index is 0.269. The van der Waals surface area contributed by atoms with Gasteiger partial charge in [-0.25, -0.2) is 9.97 Å². The summed E-state index contributed by atoms with van der Waals surface area (Å²) in [7, 11) is 0. The Morgan fingerprint density at radius 2 is 1.44 bits per heavy atom. The lowest BCUT2D eigenvalue weighted by Gasteiger charge is -2.12. The number of hydrogen-bond acceptors (Lipinski definition) is 8. The summed E-state index contributed by atoms with van der Waals surface area (Å²) in [6.45, 7) is 0. The van der Waals surface area contributed by atoms with Gasteiger partial charge < -0.3 is 0 Å². The molecule has 2 amide bonds. The standard InChI is InChI=1S/C22H16BrN7O4/c23-15-10-8-14(9-11-15)21(31)28-26-19-18(30(33)34)20(25-12-24-19)27-29-22(32)17-7-3-5-13-4-1-2-6-16(13)17/h1-12H,(H,28,31)(H,29,32)(H2,24,25,26,27). The van der Waals surface area contributed by atoms with Gasteiger partial charge in [0.05, 0.1) is 4.92 Å². The highest BCUT2D eigenvalue weighted by Gasteiger charge is 2.24. The molecule has 34 heavy (non-hydrogen) atoms. The lowest BCUT2D eigenvalue weighted by atomic mass is 10.0. The third-order valence-corrected chi connectivity index (χ3v) is 5.26. The number of rotatable bonds is 7. The topological polar surface area (TPSA) is 151 Å². The van der Waals surface area contributed by atoms with Crippen LogP contribution in [0.3, 0.4) is 0 Å². The Hall–Kier alpha value is -4.58. The summed E-state index contributed by atoms with van der Waals surface area (Å²) in [5.41, 5.74) is 9.82. The van der Waals surface area contributed by atoms with E-state index in [2.05, 4.69) is 47.6 Å². The van der Waals surface area contributed by atoms with Gasteiger partial charge in [-0.2, -0.15) is 0 Å². The van der Waals surface area contributed by atoms with Gasteiger partial charge in [0.25, 0.3) is 11.8 Å². The number of nitrogens with one attached hydrogen (secondary N) is 4. The number of hydrazine groups is 2. The van der Waals surface area contributed by atoms with Gasteiger partial charge in [-0.1, -0.05) is 52.3 Å². The fourth-order valence-electron chi connectivity index (χ4n) is 3.13. The Labute approximate surface area is 200 Å². The van der Waals surface area contributed by atoms with Crippen LogP contribution < -0.4 is 21.7 Å². The summed E-state index contributed by atoms with van der Waals surface area (Å²) in [5.74, 6) is -1.58. The van der Waals surface area contributed by atoms with Crippen LogP contribution in [0.2, 0.25) is 0 Å². The van der Waals surface area contributed by atoms with Crippen molar-refractivity contribution in [1.82, 2.24) is 20.8 Å².